The first-order valence-electron chi connectivity index (χ1n) is 7.78. The van der Waals surface area contributed by atoms with Gasteiger partial charge in [0.05, 0.1) is 12.5 Å². The first-order chi connectivity index (χ1) is 11.7. The smallest absolute Gasteiger partial charge is 0.232 e. The summed E-state index contributed by atoms with van der Waals surface area (Å²) in [5.74, 6) is 0.252. The number of ether oxygens (including phenoxy) is 1. The predicted octanol–water partition coefficient (Wildman–Crippen LogP) is 1.87. The van der Waals surface area contributed by atoms with Crippen molar-refractivity contribution in [3.8, 4) is 5.75 Å². The lowest BCUT2D eigenvalue weighted by Gasteiger charge is -2.17. The van der Waals surface area contributed by atoms with Gasteiger partial charge in [-0.1, -0.05) is 0 Å². The van der Waals surface area contributed by atoms with Gasteiger partial charge in [0.15, 0.2) is 0 Å². The summed E-state index contributed by atoms with van der Waals surface area (Å²) in [6.45, 7) is 2.84. The van der Waals surface area contributed by atoms with E-state index in [0.717, 1.165) is 11.4 Å². The third kappa shape index (κ3) is 3.51. The van der Waals surface area contributed by atoms with Gasteiger partial charge in [0.25, 0.3) is 0 Å². The Morgan fingerprint density at radius 2 is 2.00 bits per heavy atom. The molecule has 0 bridgehead atoms. The second-order valence-electron chi connectivity index (χ2n) is 5.39. The summed E-state index contributed by atoms with van der Waals surface area (Å²) in [5.41, 5.74) is 0.759. The van der Waals surface area contributed by atoms with Crippen molar-refractivity contribution in [2.45, 2.75) is 13.3 Å². The number of hydrogen-bond donors (Lipinski definition) is 1. The highest BCUT2D eigenvalue weighted by molar-refractivity contribution is 6.03. The summed E-state index contributed by atoms with van der Waals surface area (Å²) < 4.78 is 5.39. The van der Waals surface area contributed by atoms with Crippen LogP contribution in [-0.4, -0.2) is 34.9 Å². The number of rotatable bonds is 5. The topological polar surface area (TPSA) is 84.4 Å². The molecule has 2 aromatic rings. The standard InChI is InChI=1S/C17H18N4O3/c1-2-24-14-6-4-13(5-7-14)21-11-12(10-15(21)22)16(23)20-17-18-8-3-9-19-17/h3-9,12H,2,10-11H2,1H3,(H,18,19,20,23)/t12-/m1/s1. The average molecular weight is 326 g/mol. The highest BCUT2D eigenvalue weighted by Gasteiger charge is 2.35. The Kier molecular flexibility index (Phi) is 4.69. The van der Waals surface area contributed by atoms with Gasteiger partial charge in [-0.05, 0) is 37.3 Å². The van der Waals surface area contributed by atoms with Crippen molar-refractivity contribution in [1.82, 2.24) is 9.97 Å². The van der Waals surface area contributed by atoms with Gasteiger partial charge in [-0.15, -0.1) is 0 Å². The Morgan fingerprint density at radius 1 is 1.29 bits per heavy atom. The van der Waals surface area contributed by atoms with Gasteiger partial charge in [-0.3, -0.25) is 14.9 Å². The molecule has 2 amide bonds. The summed E-state index contributed by atoms with van der Waals surface area (Å²) in [6.07, 6.45) is 3.27. The lowest BCUT2D eigenvalue weighted by Crippen LogP contribution is -2.28. The number of carbonyl (C=O) groups excluding carboxylic acids is 2. The van der Waals surface area contributed by atoms with Gasteiger partial charge < -0.3 is 9.64 Å². The number of anilines is 2. The number of aromatic nitrogens is 2. The monoisotopic (exact) mass is 326 g/mol. The van der Waals surface area contributed by atoms with E-state index in [1.807, 2.05) is 31.2 Å². The Labute approximate surface area is 139 Å². The molecule has 0 unspecified atom stereocenters. The maximum atomic E-state index is 12.3. The van der Waals surface area contributed by atoms with Crippen LogP contribution in [0.1, 0.15) is 13.3 Å². The predicted molar refractivity (Wildman–Crippen MR) is 88.7 cm³/mol. The van der Waals surface area contributed by atoms with Crippen molar-refractivity contribution >= 4 is 23.5 Å². The number of nitrogens with one attached hydrogen (secondary N) is 1. The molecule has 1 atom stereocenters. The third-order valence-electron chi connectivity index (χ3n) is 3.76. The van der Waals surface area contributed by atoms with E-state index in [4.69, 9.17) is 4.74 Å². The quantitative estimate of drug-likeness (QED) is 0.906. The fourth-order valence-electron chi connectivity index (χ4n) is 2.60. The fourth-order valence-corrected chi connectivity index (χ4v) is 2.60. The van der Waals surface area contributed by atoms with Crippen LogP contribution < -0.4 is 15.0 Å². The lowest BCUT2D eigenvalue weighted by atomic mass is 10.1. The minimum atomic E-state index is -0.423. The van der Waals surface area contributed by atoms with E-state index in [1.165, 1.54) is 0 Å². The van der Waals surface area contributed by atoms with Crippen LogP contribution in [0.15, 0.2) is 42.7 Å². The zero-order valence-corrected chi connectivity index (χ0v) is 13.3. The largest absolute Gasteiger partial charge is 0.494 e. The van der Waals surface area contributed by atoms with E-state index in [1.54, 1.807) is 23.4 Å². The minimum absolute atomic E-state index is 0.0757. The Morgan fingerprint density at radius 3 is 2.67 bits per heavy atom. The number of benzene rings is 1. The van der Waals surface area contributed by atoms with Crippen LogP contribution in [-0.2, 0) is 9.59 Å². The van der Waals surface area contributed by atoms with Gasteiger partial charge >= 0.3 is 0 Å². The van der Waals surface area contributed by atoms with E-state index in [2.05, 4.69) is 15.3 Å². The van der Waals surface area contributed by atoms with Gasteiger partial charge in [-0.2, -0.15) is 0 Å². The fraction of sp³-hybridized carbons (Fsp3) is 0.294. The third-order valence-corrected chi connectivity index (χ3v) is 3.76. The molecule has 0 radical (unpaired) electrons. The SMILES string of the molecule is CCOc1ccc(N2C[C@H](C(=O)Nc3ncccn3)CC2=O)cc1. The minimum Gasteiger partial charge on any atom is -0.494 e. The van der Waals surface area contributed by atoms with Crippen molar-refractivity contribution in [1.29, 1.82) is 0 Å². The molecule has 1 aliphatic heterocycles. The molecule has 1 fully saturated rings. The molecular formula is C17H18N4O3. The van der Waals surface area contributed by atoms with Crippen LogP contribution in [0.25, 0.3) is 0 Å². The molecule has 0 spiro atoms. The maximum absolute atomic E-state index is 12.3. The average Bonchev–Trinajstić information content (AvgIpc) is 2.99. The molecule has 1 aromatic carbocycles. The molecule has 3 rings (SSSR count). The molecule has 24 heavy (non-hydrogen) atoms. The molecule has 2 heterocycles. The Hall–Kier alpha value is -2.96. The first-order valence-corrected chi connectivity index (χ1v) is 7.78. The second kappa shape index (κ2) is 7.08. The molecule has 1 aliphatic rings. The summed E-state index contributed by atoms with van der Waals surface area (Å²) in [4.78, 5) is 34.1. The summed E-state index contributed by atoms with van der Waals surface area (Å²) >= 11 is 0. The zero-order valence-electron chi connectivity index (χ0n) is 13.3. The van der Waals surface area contributed by atoms with E-state index in [-0.39, 0.29) is 24.2 Å². The molecule has 7 nitrogen and oxygen atoms in total. The normalized spacial score (nSPS) is 17.0. The molecular weight excluding hydrogens is 308 g/mol. The second-order valence-corrected chi connectivity index (χ2v) is 5.39. The Balaban J connectivity index is 1.65. The van der Waals surface area contributed by atoms with E-state index >= 15 is 0 Å². The van der Waals surface area contributed by atoms with Crippen molar-refractivity contribution in [2.24, 2.45) is 5.92 Å². The van der Waals surface area contributed by atoms with Crippen LogP contribution >= 0.6 is 0 Å². The maximum Gasteiger partial charge on any atom is 0.232 e. The summed E-state index contributed by atoms with van der Waals surface area (Å²) in [7, 11) is 0. The molecule has 0 aliphatic carbocycles. The molecule has 1 aromatic heterocycles. The van der Waals surface area contributed by atoms with E-state index in [9.17, 15) is 9.59 Å². The van der Waals surface area contributed by atoms with Crippen molar-refractivity contribution in [3.63, 3.8) is 0 Å². The van der Waals surface area contributed by atoms with Crippen molar-refractivity contribution in [3.05, 3.63) is 42.7 Å². The van der Waals surface area contributed by atoms with E-state index in [0.29, 0.717) is 13.2 Å². The Bertz CT molecular complexity index is 718. The number of nitrogens with zero attached hydrogens (tertiary/aromatic N) is 3. The van der Waals surface area contributed by atoms with Crippen LogP contribution in [0.2, 0.25) is 0 Å². The molecule has 1 N–H and O–H groups in total. The number of hydrogen-bond acceptors (Lipinski definition) is 5. The van der Waals surface area contributed by atoms with Crippen molar-refractivity contribution in [2.75, 3.05) is 23.4 Å². The van der Waals surface area contributed by atoms with Crippen molar-refractivity contribution < 1.29 is 14.3 Å². The number of amides is 2. The summed E-state index contributed by atoms with van der Waals surface area (Å²) in [6, 6.07) is 8.95. The summed E-state index contributed by atoms with van der Waals surface area (Å²) in [5, 5.41) is 2.64. The number of carbonyl (C=O) groups is 2. The van der Waals surface area contributed by atoms with Crippen LogP contribution in [0.4, 0.5) is 11.6 Å². The highest BCUT2D eigenvalue weighted by Crippen LogP contribution is 2.27. The zero-order chi connectivity index (χ0) is 16.9. The molecule has 0 saturated carbocycles. The van der Waals surface area contributed by atoms with Crippen LogP contribution in [0, 0.1) is 5.92 Å². The van der Waals surface area contributed by atoms with Crippen LogP contribution in [0.3, 0.4) is 0 Å². The molecule has 7 heteroatoms. The first kappa shape index (κ1) is 15.9. The highest BCUT2D eigenvalue weighted by atomic mass is 16.5. The van der Waals surface area contributed by atoms with Gasteiger partial charge in [0.2, 0.25) is 17.8 Å². The van der Waals surface area contributed by atoms with Gasteiger partial charge in [0.1, 0.15) is 5.75 Å². The van der Waals surface area contributed by atoms with Gasteiger partial charge in [-0.25, -0.2) is 9.97 Å². The van der Waals surface area contributed by atoms with E-state index < -0.39 is 5.92 Å². The molecule has 124 valence electrons. The van der Waals surface area contributed by atoms with Gasteiger partial charge in [0, 0.05) is 31.0 Å². The lowest BCUT2D eigenvalue weighted by molar-refractivity contribution is -0.122. The molecule has 1 saturated heterocycles. The van der Waals surface area contributed by atoms with Crippen LogP contribution in [0.5, 0.6) is 5.75 Å².